The number of fused-ring (bicyclic) bond motifs is 6. The van der Waals surface area contributed by atoms with Crippen LogP contribution in [-0.4, -0.2) is 32.3 Å². The Morgan fingerprint density at radius 3 is 1.59 bits per heavy atom. The second-order valence-electron chi connectivity index (χ2n) is 15.6. The maximum absolute atomic E-state index is 14.6. The standard InChI is InChI=1S/C48H39F3N8/c1-5-46(3)37-22-14-15-23-38(37)58-42-40(52-26-28-54-42)56(33-16-8-6-9-17-33)44(58)47(46,4)45-57(34-18-10-7-11-19-34)41-43(55-29-27-53-41)59(45)39-30-32(25-24-31(39)2)35-20-12-13-21-36(35)48(49,50)51/h5-30,44-45H,1H2,2-4H3. The molecule has 0 bridgehead atoms. The first-order valence-corrected chi connectivity index (χ1v) is 19.5. The van der Waals surface area contributed by atoms with Gasteiger partial charge >= 0.3 is 6.18 Å². The van der Waals surface area contributed by atoms with Crippen molar-refractivity contribution in [1.29, 1.82) is 0 Å². The van der Waals surface area contributed by atoms with E-state index in [1.54, 1.807) is 36.9 Å². The van der Waals surface area contributed by atoms with Crippen molar-refractivity contribution in [2.24, 2.45) is 5.41 Å². The number of alkyl halides is 3. The molecule has 2 aromatic heterocycles. The molecule has 0 amide bonds. The SMILES string of the molecule is C=CC1(C)c2ccccc2N2c3nccnc3N(c3ccccc3)C2C1(C)C1N(c2ccccc2)c2nccnc2N1c1cc(-c2ccccc2C(F)(F)F)ccc1C. The predicted octanol–water partition coefficient (Wildman–Crippen LogP) is 11.7. The zero-order valence-electron chi connectivity index (χ0n) is 32.6. The average molecular weight is 785 g/mol. The summed E-state index contributed by atoms with van der Waals surface area (Å²) in [5.74, 6) is 2.59. The first kappa shape index (κ1) is 36.3. The van der Waals surface area contributed by atoms with Crippen LogP contribution in [0.2, 0.25) is 0 Å². The number of aryl methyl sites for hydroxylation is 1. The normalized spacial score (nSPS) is 21.8. The van der Waals surface area contributed by atoms with Crippen LogP contribution in [0.25, 0.3) is 11.1 Å². The summed E-state index contributed by atoms with van der Waals surface area (Å²) >= 11 is 0. The molecule has 8 nitrogen and oxygen atoms in total. The van der Waals surface area contributed by atoms with E-state index in [9.17, 15) is 13.2 Å². The molecule has 0 saturated heterocycles. The Balaban J connectivity index is 1.32. The number of allylic oxidation sites excluding steroid dienone is 1. The number of rotatable bonds is 6. The van der Waals surface area contributed by atoms with Gasteiger partial charge in [0.25, 0.3) is 0 Å². The molecule has 3 aliphatic heterocycles. The van der Waals surface area contributed by atoms with E-state index in [1.165, 1.54) is 12.1 Å². The predicted molar refractivity (Wildman–Crippen MR) is 227 cm³/mol. The van der Waals surface area contributed by atoms with E-state index in [4.69, 9.17) is 19.9 Å². The van der Waals surface area contributed by atoms with Gasteiger partial charge in [0, 0.05) is 53.0 Å². The molecule has 0 spiro atoms. The average Bonchev–Trinajstić information content (AvgIpc) is 3.81. The number of hydrogen-bond donors (Lipinski definition) is 0. The van der Waals surface area contributed by atoms with Gasteiger partial charge in [0.15, 0.2) is 23.3 Å². The van der Waals surface area contributed by atoms with Gasteiger partial charge in [-0.25, -0.2) is 19.9 Å². The zero-order chi connectivity index (χ0) is 40.7. The monoisotopic (exact) mass is 784 g/mol. The van der Waals surface area contributed by atoms with Crippen LogP contribution in [-0.2, 0) is 11.6 Å². The van der Waals surface area contributed by atoms with Crippen molar-refractivity contribution < 1.29 is 13.2 Å². The fourth-order valence-corrected chi connectivity index (χ4v) is 9.72. The van der Waals surface area contributed by atoms with E-state index in [0.29, 0.717) is 34.5 Å². The lowest BCUT2D eigenvalue weighted by Crippen LogP contribution is -2.71. The van der Waals surface area contributed by atoms with Crippen molar-refractivity contribution in [2.75, 3.05) is 19.6 Å². The molecule has 3 aliphatic rings. The summed E-state index contributed by atoms with van der Waals surface area (Å²) in [5, 5.41) is 0. The molecule has 0 N–H and O–H groups in total. The fourth-order valence-electron chi connectivity index (χ4n) is 9.72. The molecular formula is C48H39F3N8. The van der Waals surface area contributed by atoms with Gasteiger partial charge in [-0.1, -0.05) is 105 Å². The summed E-state index contributed by atoms with van der Waals surface area (Å²) in [6, 6.07) is 39.9. The van der Waals surface area contributed by atoms with E-state index < -0.39 is 34.9 Å². The number of halogens is 3. The van der Waals surface area contributed by atoms with Gasteiger partial charge in [-0.05, 0) is 71.6 Å². The van der Waals surface area contributed by atoms with Crippen LogP contribution in [0.4, 0.5) is 59.2 Å². The van der Waals surface area contributed by atoms with Crippen LogP contribution in [0.1, 0.15) is 30.5 Å². The van der Waals surface area contributed by atoms with Gasteiger partial charge in [-0.3, -0.25) is 0 Å². The molecule has 59 heavy (non-hydrogen) atoms. The van der Waals surface area contributed by atoms with Crippen LogP contribution in [0.3, 0.4) is 0 Å². The summed E-state index contributed by atoms with van der Waals surface area (Å²) in [6.45, 7) is 11.1. The Kier molecular flexibility index (Phi) is 8.17. The highest BCUT2D eigenvalue weighted by Gasteiger charge is 2.69. The quantitative estimate of drug-likeness (QED) is 0.155. The minimum atomic E-state index is -4.56. The Morgan fingerprint density at radius 1 is 0.576 bits per heavy atom. The first-order valence-electron chi connectivity index (χ1n) is 19.5. The zero-order valence-corrected chi connectivity index (χ0v) is 32.6. The van der Waals surface area contributed by atoms with Gasteiger partial charge in [-0.2, -0.15) is 13.2 Å². The maximum atomic E-state index is 14.6. The number of hydrogen-bond acceptors (Lipinski definition) is 8. The van der Waals surface area contributed by atoms with Crippen molar-refractivity contribution in [1.82, 2.24) is 19.9 Å². The van der Waals surface area contributed by atoms with Crippen LogP contribution >= 0.6 is 0 Å². The van der Waals surface area contributed by atoms with Gasteiger partial charge in [-0.15, -0.1) is 6.58 Å². The lowest BCUT2D eigenvalue weighted by atomic mass is 9.55. The van der Waals surface area contributed by atoms with E-state index in [2.05, 4.69) is 82.5 Å². The molecule has 4 atom stereocenters. The van der Waals surface area contributed by atoms with Crippen molar-refractivity contribution >= 4 is 46.0 Å². The number of anilines is 8. The number of para-hydroxylation sites is 3. The molecule has 7 aromatic rings. The maximum Gasteiger partial charge on any atom is 0.417 e. The van der Waals surface area contributed by atoms with Crippen LogP contribution in [0, 0.1) is 12.3 Å². The third-order valence-corrected chi connectivity index (χ3v) is 12.6. The van der Waals surface area contributed by atoms with Crippen molar-refractivity contribution in [3.8, 4) is 11.1 Å². The van der Waals surface area contributed by atoms with E-state index in [-0.39, 0.29) is 5.56 Å². The van der Waals surface area contributed by atoms with E-state index >= 15 is 0 Å². The molecule has 292 valence electrons. The number of benzene rings is 5. The highest BCUT2D eigenvalue weighted by molar-refractivity contribution is 5.91. The Hall–Kier alpha value is -7.01. The first-order chi connectivity index (χ1) is 28.6. The number of aromatic nitrogens is 4. The smallest absolute Gasteiger partial charge is 0.301 e. The van der Waals surface area contributed by atoms with Crippen LogP contribution in [0.5, 0.6) is 0 Å². The Morgan fingerprint density at radius 2 is 1.05 bits per heavy atom. The van der Waals surface area contributed by atoms with E-state index in [1.807, 2.05) is 67.6 Å². The summed E-state index contributed by atoms with van der Waals surface area (Å²) < 4.78 is 43.8. The largest absolute Gasteiger partial charge is 0.417 e. The van der Waals surface area contributed by atoms with Gasteiger partial charge in [0.2, 0.25) is 0 Å². The summed E-state index contributed by atoms with van der Waals surface area (Å²) in [7, 11) is 0. The molecule has 5 heterocycles. The molecule has 0 radical (unpaired) electrons. The lowest BCUT2D eigenvalue weighted by Gasteiger charge is -2.62. The van der Waals surface area contributed by atoms with Crippen molar-refractivity contribution in [3.63, 3.8) is 0 Å². The molecule has 11 heteroatoms. The summed E-state index contributed by atoms with van der Waals surface area (Å²) in [4.78, 5) is 29.1. The Labute approximate surface area is 340 Å². The number of nitrogens with zero attached hydrogens (tertiary/aromatic N) is 8. The topological polar surface area (TPSA) is 64.5 Å². The summed E-state index contributed by atoms with van der Waals surface area (Å²) in [5.41, 5.74) is 3.43. The highest BCUT2D eigenvalue weighted by atomic mass is 19.4. The van der Waals surface area contributed by atoms with Gasteiger partial charge < -0.3 is 19.6 Å². The molecule has 5 aromatic carbocycles. The Bertz CT molecular complexity index is 2740. The van der Waals surface area contributed by atoms with Gasteiger partial charge in [0.1, 0.15) is 12.3 Å². The molecule has 0 aliphatic carbocycles. The van der Waals surface area contributed by atoms with Crippen LogP contribution in [0.15, 0.2) is 165 Å². The van der Waals surface area contributed by atoms with E-state index in [0.717, 1.165) is 34.3 Å². The second kappa shape index (κ2) is 13.3. The molecule has 0 saturated carbocycles. The molecule has 0 fully saturated rings. The van der Waals surface area contributed by atoms with Crippen molar-refractivity contribution in [2.45, 2.75) is 44.7 Å². The third kappa shape index (κ3) is 5.16. The second-order valence-corrected chi connectivity index (χ2v) is 15.6. The third-order valence-electron chi connectivity index (χ3n) is 12.6. The summed E-state index contributed by atoms with van der Waals surface area (Å²) in [6.07, 6.45) is 3.15. The van der Waals surface area contributed by atoms with Crippen LogP contribution < -0.4 is 19.6 Å². The van der Waals surface area contributed by atoms with Gasteiger partial charge in [0.05, 0.1) is 11.0 Å². The molecule has 4 unspecified atom stereocenters. The minimum absolute atomic E-state index is 0.0924. The fraction of sp³-hybridized carbons (Fsp3) is 0.167. The highest BCUT2D eigenvalue weighted by Crippen LogP contribution is 2.67. The molecular weight excluding hydrogens is 746 g/mol. The molecule has 10 rings (SSSR count). The minimum Gasteiger partial charge on any atom is -0.301 e. The lowest BCUT2D eigenvalue weighted by molar-refractivity contribution is -0.137. The van der Waals surface area contributed by atoms with Crippen molar-refractivity contribution in [3.05, 3.63) is 182 Å².